The van der Waals surface area contributed by atoms with Gasteiger partial charge in [0.05, 0.1) is 12.2 Å². The lowest BCUT2D eigenvalue weighted by atomic mass is 9.54. The third kappa shape index (κ3) is 4.42. The highest BCUT2D eigenvalue weighted by Crippen LogP contribution is 2.63. The van der Waals surface area contributed by atoms with E-state index in [-0.39, 0.29) is 60.1 Å². The Morgan fingerprint density at radius 1 is 1.21 bits per heavy atom. The van der Waals surface area contributed by atoms with Gasteiger partial charge in [0.2, 0.25) is 5.91 Å². The van der Waals surface area contributed by atoms with E-state index in [1.807, 2.05) is 13.0 Å². The van der Waals surface area contributed by atoms with Crippen LogP contribution in [0.25, 0.3) is 0 Å². The highest BCUT2D eigenvalue weighted by atomic mass is 19.1. The number of nitrogens with zero attached hydrogens (tertiary/aromatic N) is 2. The van der Waals surface area contributed by atoms with Crippen LogP contribution >= 0.6 is 0 Å². The topological polar surface area (TPSA) is 99.6 Å². The molecule has 3 aliphatic rings. The van der Waals surface area contributed by atoms with Gasteiger partial charge in [0.25, 0.3) is 5.91 Å². The van der Waals surface area contributed by atoms with Crippen LogP contribution in [0.15, 0.2) is 36.5 Å². The van der Waals surface area contributed by atoms with E-state index in [1.165, 1.54) is 17.2 Å². The fraction of sp³-hybridized carbons (Fsp3) is 0.533. The Kier molecular flexibility index (Phi) is 7.11. The molecule has 7 nitrogen and oxygen atoms in total. The van der Waals surface area contributed by atoms with E-state index >= 15 is 0 Å². The van der Waals surface area contributed by atoms with Crippen LogP contribution in [0.3, 0.4) is 0 Å². The van der Waals surface area contributed by atoms with Gasteiger partial charge in [0, 0.05) is 38.0 Å². The van der Waals surface area contributed by atoms with Crippen LogP contribution in [0.1, 0.15) is 66.4 Å². The van der Waals surface area contributed by atoms with Gasteiger partial charge in [-0.3, -0.25) is 14.4 Å². The molecule has 1 aromatic carbocycles. The van der Waals surface area contributed by atoms with Gasteiger partial charge in [-0.25, -0.2) is 9.37 Å². The highest BCUT2D eigenvalue weighted by molar-refractivity contribution is 5.94. The number of Topliss-reactive ketones (excluding diaryl/α,β-unsaturated/α-hetero) is 1. The van der Waals surface area contributed by atoms with Crippen LogP contribution in [0, 0.1) is 34.9 Å². The highest BCUT2D eigenvalue weighted by Gasteiger charge is 2.62. The summed E-state index contributed by atoms with van der Waals surface area (Å²) in [6.07, 6.45) is 5.14. The molecule has 0 spiro atoms. The molecule has 5 rings (SSSR count). The maximum absolute atomic E-state index is 14.6. The summed E-state index contributed by atoms with van der Waals surface area (Å²) >= 11 is 0. The van der Waals surface area contributed by atoms with Gasteiger partial charge < -0.3 is 15.3 Å². The van der Waals surface area contributed by atoms with Crippen LogP contribution in [0.5, 0.6) is 0 Å². The molecule has 2 amide bonds. The summed E-state index contributed by atoms with van der Waals surface area (Å²) in [5.74, 6) is -0.193. The molecule has 8 heteroatoms. The average Bonchev–Trinajstić information content (AvgIpc) is 3.13. The van der Waals surface area contributed by atoms with E-state index in [0.29, 0.717) is 24.2 Å². The molecule has 38 heavy (non-hydrogen) atoms. The van der Waals surface area contributed by atoms with Crippen molar-refractivity contribution in [3.63, 3.8) is 0 Å². The van der Waals surface area contributed by atoms with Crippen LogP contribution in [-0.4, -0.2) is 53.3 Å². The predicted octanol–water partition coefficient (Wildman–Crippen LogP) is 4.21. The van der Waals surface area contributed by atoms with Gasteiger partial charge in [0.15, 0.2) is 0 Å². The summed E-state index contributed by atoms with van der Waals surface area (Å²) < 4.78 is 14.6. The molecular weight excluding hydrogens is 485 g/mol. The van der Waals surface area contributed by atoms with E-state index in [9.17, 15) is 23.9 Å². The Bertz CT molecular complexity index is 1250. The molecular formula is C30H36FN3O4. The number of anilines is 1. The van der Waals surface area contributed by atoms with Gasteiger partial charge in [-0.05, 0) is 85.1 Å². The quantitative estimate of drug-likeness (QED) is 0.593. The van der Waals surface area contributed by atoms with Gasteiger partial charge in [0.1, 0.15) is 17.4 Å². The number of carbonyl (C=O) groups excluding carboxylic acids is 3. The molecule has 1 heterocycles. The third-order valence-corrected chi connectivity index (χ3v) is 9.43. The summed E-state index contributed by atoms with van der Waals surface area (Å²) in [7, 11) is 3.32. The minimum Gasteiger partial charge on any atom is -0.396 e. The average molecular weight is 522 g/mol. The molecule has 2 N–H and O–H groups in total. The van der Waals surface area contributed by atoms with E-state index in [2.05, 4.69) is 10.3 Å². The lowest BCUT2D eigenvalue weighted by Gasteiger charge is -2.50. The number of pyridine rings is 1. The smallest absolute Gasteiger partial charge is 0.254 e. The number of hydrogen-bond donors (Lipinski definition) is 2. The molecule has 3 aliphatic carbocycles. The molecule has 2 fully saturated rings. The SMILES string of the molecule is CN(C)C(=O)c1ccc(NC(=O)CC[C@@H]2C(CO)C(=O)[C@@]3(C)CCC4c5cccc(F)c5CCC4C23)nc1. The van der Waals surface area contributed by atoms with Crippen molar-refractivity contribution in [3.05, 3.63) is 59.0 Å². The predicted molar refractivity (Wildman–Crippen MR) is 141 cm³/mol. The van der Waals surface area contributed by atoms with Crippen molar-refractivity contribution in [2.75, 3.05) is 26.0 Å². The van der Waals surface area contributed by atoms with Gasteiger partial charge >= 0.3 is 0 Å². The van der Waals surface area contributed by atoms with Crippen LogP contribution in [0.2, 0.25) is 0 Å². The van der Waals surface area contributed by atoms with E-state index in [4.69, 9.17) is 0 Å². The molecule has 1 aromatic heterocycles. The molecule has 0 aliphatic heterocycles. The fourth-order valence-corrected chi connectivity index (χ4v) is 7.72. The number of rotatable bonds is 6. The molecule has 0 saturated heterocycles. The summed E-state index contributed by atoms with van der Waals surface area (Å²) in [4.78, 5) is 44.2. The van der Waals surface area contributed by atoms with Crippen LogP contribution < -0.4 is 5.32 Å². The first-order valence-corrected chi connectivity index (χ1v) is 13.6. The number of aliphatic hydroxyl groups is 1. The van der Waals surface area contributed by atoms with Crippen molar-refractivity contribution < 1.29 is 23.9 Å². The minimum atomic E-state index is -0.531. The summed E-state index contributed by atoms with van der Waals surface area (Å²) in [5.41, 5.74) is 1.78. The maximum atomic E-state index is 14.6. The second-order valence-corrected chi connectivity index (χ2v) is 11.6. The first kappa shape index (κ1) is 26.5. The molecule has 202 valence electrons. The maximum Gasteiger partial charge on any atom is 0.254 e. The number of fused-ring (bicyclic) bond motifs is 5. The zero-order valence-corrected chi connectivity index (χ0v) is 22.2. The Labute approximate surface area is 222 Å². The fourth-order valence-electron chi connectivity index (χ4n) is 7.72. The number of aromatic nitrogens is 1. The first-order chi connectivity index (χ1) is 18.2. The van der Waals surface area contributed by atoms with Gasteiger partial charge in [-0.2, -0.15) is 0 Å². The number of carbonyl (C=O) groups is 3. The number of aliphatic hydroxyl groups excluding tert-OH is 1. The molecule has 0 radical (unpaired) electrons. The molecule has 2 aromatic rings. The van der Waals surface area contributed by atoms with Crippen molar-refractivity contribution in [1.82, 2.24) is 9.88 Å². The molecule has 4 unspecified atom stereocenters. The van der Waals surface area contributed by atoms with E-state index in [1.54, 1.807) is 32.3 Å². The van der Waals surface area contributed by atoms with E-state index < -0.39 is 11.3 Å². The van der Waals surface area contributed by atoms with Crippen LogP contribution in [0.4, 0.5) is 10.2 Å². The number of halogens is 1. The summed E-state index contributed by atoms with van der Waals surface area (Å²) in [5, 5.41) is 13.1. The Hall–Kier alpha value is -3.13. The van der Waals surface area contributed by atoms with E-state index in [0.717, 1.165) is 30.4 Å². The van der Waals surface area contributed by atoms with Crippen molar-refractivity contribution in [1.29, 1.82) is 0 Å². The lowest BCUT2D eigenvalue weighted by molar-refractivity contribution is -0.132. The number of amides is 2. The second kappa shape index (κ2) is 10.2. The van der Waals surface area contributed by atoms with Gasteiger partial charge in [-0.15, -0.1) is 0 Å². The largest absolute Gasteiger partial charge is 0.396 e. The van der Waals surface area contributed by atoms with Crippen molar-refractivity contribution in [2.45, 2.75) is 51.4 Å². The molecule has 0 bridgehead atoms. The Balaban J connectivity index is 1.32. The number of benzene rings is 1. The van der Waals surface area contributed by atoms with Crippen molar-refractivity contribution >= 4 is 23.4 Å². The minimum absolute atomic E-state index is 0.0459. The first-order valence-electron chi connectivity index (χ1n) is 13.6. The third-order valence-electron chi connectivity index (χ3n) is 9.43. The Morgan fingerprint density at radius 2 is 2.00 bits per heavy atom. The van der Waals surface area contributed by atoms with Crippen molar-refractivity contribution in [2.24, 2.45) is 29.1 Å². The number of hydrogen-bond acceptors (Lipinski definition) is 5. The van der Waals surface area contributed by atoms with Gasteiger partial charge in [-0.1, -0.05) is 19.1 Å². The zero-order valence-electron chi connectivity index (χ0n) is 22.2. The Morgan fingerprint density at radius 3 is 2.68 bits per heavy atom. The summed E-state index contributed by atoms with van der Waals surface area (Å²) in [6, 6.07) is 8.56. The second-order valence-electron chi connectivity index (χ2n) is 11.6. The normalized spacial score (nSPS) is 29.7. The molecule has 6 atom stereocenters. The standard InChI is InChI=1S/C30H36FN3O4/c1-30-14-13-19-18-5-4-6-24(31)20(18)8-9-21(19)27(30)22(23(16-35)28(30)37)10-12-26(36)33-25-11-7-17(15-32-25)29(38)34(2)3/h4-7,11,15,19,21-23,27,35H,8-10,12-14,16H2,1-3H3,(H,32,33,36)/t19?,21?,22-,23?,27?,30+/m1/s1. The monoisotopic (exact) mass is 521 g/mol. The van der Waals surface area contributed by atoms with Crippen molar-refractivity contribution in [3.8, 4) is 0 Å². The number of ketones is 1. The number of nitrogens with one attached hydrogen (secondary N) is 1. The van der Waals surface area contributed by atoms with Crippen LogP contribution in [-0.2, 0) is 16.0 Å². The molecule has 2 saturated carbocycles. The zero-order chi connectivity index (χ0) is 27.2. The lowest BCUT2D eigenvalue weighted by Crippen LogP contribution is -2.44. The summed E-state index contributed by atoms with van der Waals surface area (Å²) in [6.45, 7) is 1.82.